The lowest BCUT2D eigenvalue weighted by atomic mass is 10.2. The van der Waals surface area contributed by atoms with Crippen LogP contribution in [0.1, 0.15) is 5.56 Å². The number of hydrogen-bond donors (Lipinski definition) is 2. The third-order valence-corrected chi connectivity index (χ3v) is 2.22. The van der Waals surface area contributed by atoms with Crippen LogP contribution in [0.15, 0.2) is 17.2 Å². The van der Waals surface area contributed by atoms with Crippen LogP contribution in [0.25, 0.3) is 0 Å². The van der Waals surface area contributed by atoms with Gasteiger partial charge < -0.3 is 15.2 Å². The Morgan fingerprint density at radius 2 is 2.18 bits per heavy atom. The lowest BCUT2D eigenvalue weighted by Crippen LogP contribution is -2.23. The fraction of sp³-hybridized carbons (Fsp3) is 0.200. The Morgan fingerprint density at radius 3 is 2.71 bits per heavy atom. The Labute approximate surface area is 110 Å². The quantitative estimate of drug-likeness (QED) is 0.495. The molecule has 0 radical (unpaired) electrons. The van der Waals surface area contributed by atoms with Crippen molar-refractivity contribution in [1.82, 2.24) is 5.43 Å². The highest BCUT2D eigenvalue weighted by Gasteiger charge is 2.09. The third kappa shape index (κ3) is 3.76. The highest BCUT2D eigenvalue weighted by molar-refractivity contribution is 7.80. The van der Waals surface area contributed by atoms with Gasteiger partial charge in [0.15, 0.2) is 16.6 Å². The topological polar surface area (TPSA) is 68.9 Å². The molecule has 0 unspecified atom stereocenters. The second kappa shape index (κ2) is 6.27. The molecule has 0 bridgehead atoms. The van der Waals surface area contributed by atoms with Gasteiger partial charge in [0.25, 0.3) is 0 Å². The van der Waals surface area contributed by atoms with E-state index in [1.165, 1.54) is 20.4 Å². The second-order valence-corrected chi connectivity index (χ2v) is 3.82. The number of hydrazone groups is 1. The molecule has 0 amide bonds. The van der Waals surface area contributed by atoms with Crippen LogP contribution in [0.5, 0.6) is 11.5 Å². The van der Waals surface area contributed by atoms with Crippen molar-refractivity contribution in [2.45, 2.75) is 0 Å². The first kappa shape index (κ1) is 13.5. The molecule has 0 aliphatic heterocycles. The maximum atomic E-state index is 6.02. The van der Waals surface area contributed by atoms with Crippen molar-refractivity contribution >= 4 is 35.1 Å². The molecule has 7 heteroatoms. The monoisotopic (exact) mass is 273 g/mol. The van der Waals surface area contributed by atoms with Crippen LogP contribution in [0.4, 0.5) is 0 Å². The normalized spacial score (nSPS) is 10.3. The molecular weight excluding hydrogens is 262 g/mol. The molecule has 1 rings (SSSR count). The molecule has 0 aliphatic carbocycles. The Hall–Kier alpha value is -1.53. The number of halogens is 1. The van der Waals surface area contributed by atoms with Crippen molar-refractivity contribution < 1.29 is 9.47 Å². The van der Waals surface area contributed by atoms with Crippen molar-refractivity contribution in [1.29, 1.82) is 0 Å². The van der Waals surface area contributed by atoms with Crippen LogP contribution in [0, 0.1) is 0 Å². The first-order valence-corrected chi connectivity index (χ1v) is 5.37. The zero-order valence-electron chi connectivity index (χ0n) is 9.36. The van der Waals surface area contributed by atoms with Gasteiger partial charge in [-0.15, -0.1) is 0 Å². The van der Waals surface area contributed by atoms with Gasteiger partial charge in [0.05, 0.1) is 25.5 Å². The van der Waals surface area contributed by atoms with E-state index >= 15 is 0 Å². The van der Waals surface area contributed by atoms with E-state index in [9.17, 15) is 0 Å². The summed E-state index contributed by atoms with van der Waals surface area (Å²) >= 11 is 10.6. The lowest BCUT2D eigenvalue weighted by molar-refractivity contribution is 0.355. The number of methoxy groups -OCH3 is 2. The van der Waals surface area contributed by atoms with E-state index in [1.807, 2.05) is 0 Å². The van der Waals surface area contributed by atoms with Gasteiger partial charge in [0.2, 0.25) is 0 Å². The lowest BCUT2D eigenvalue weighted by Gasteiger charge is -2.09. The fourth-order valence-corrected chi connectivity index (χ4v) is 1.53. The number of ether oxygens (including phenoxy) is 2. The van der Waals surface area contributed by atoms with Gasteiger partial charge >= 0.3 is 0 Å². The number of rotatable bonds is 4. The van der Waals surface area contributed by atoms with Crippen molar-refractivity contribution in [3.8, 4) is 11.5 Å². The maximum Gasteiger partial charge on any atom is 0.184 e. The molecule has 0 aromatic heterocycles. The van der Waals surface area contributed by atoms with E-state index in [2.05, 4.69) is 22.7 Å². The minimum atomic E-state index is 0.0906. The molecular formula is C10H12ClN3O2S. The average Bonchev–Trinajstić information content (AvgIpc) is 2.27. The van der Waals surface area contributed by atoms with Gasteiger partial charge in [0, 0.05) is 0 Å². The van der Waals surface area contributed by atoms with Crippen molar-refractivity contribution in [2.75, 3.05) is 14.2 Å². The summed E-state index contributed by atoms with van der Waals surface area (Å²) in [4.78, 5) is 0. The third-order valence-electron chi connectivity index (χ3n) is 1.84. The molecule has 0 atom stereocenters. The van der Waals surface area contributed by atoms with Gasteiger partial charge in [-0.25, -0.2) is 0 Å². The standard InChI is InChI=1S/C10H12ClN3O2S/c1-15-8-4-6(5-13-14-10(12)17)3-7(11)9(8)16-2/h3-5H,1-2H3,(H3,12,14,17). The van der Waals surface area contributed by atoms with Crippen LogP contribution in [-0.2, 0) is 0 Å². The van der Waals surface area contributed by atoms with E-state index in [1.54, 1.807) is 12.1 Å². The number of hydrogen-bond acceptors (Lipinski definition) is 4. The van der Waals surface area contributed by atoms with E-state index in [-0.39, 0.29) is 5.11 Å². The summed E-state index contributed by atoms with van der Waals surface area (Å²) in [6.45, 7) is 0. The molecule has 0 saturated heterocycles. The zero-order valence-corrected chi connectivity index (χ0v) is 10.9. The van der Waals surface area contributed by atoms with E-state index in [0.717, 1.165) is 5.56 Å². The Kier molecular flexibility index (Phi) is 4.99. The SMILES string of the molecule is COc1cc(C=NNC(N)=S)cc(Cl)c1OC. The molecule has 0 spiro atoms. The van der Waals surface area contributed by atoms with Crippen molar-refractivity contribution in [2.24, 2.45) is 10.8 Å². The minimum Gasteiger partial charge on any atom is -0.493 e. The molecule has 0 saturated carbocycles. The molecule has 0 heterocycles. The van der Waals surface area contributed by atoms with Gasteiger partial charge in [-0.05, 0) is 29.9 Å². The predicted molar refractivity (Wildman–Crippen MR) is 72.1 cm³/mol. The van der Waals surface area contributed by atoms with Crippen LogP contribution in [-0.4, -0.2) is 25.5 Å². The van der Waals surface area contributed by atoms with Gasteiger partial charge in [0.1, 0.15) is 0 Å². The maximum absolute atomic E-state index is 6.02. The summed E-state index contributed by atoms with van der Waals surface area (Å²) in [5, 5.41) is 4.34. The minimum absolute atomic E-state index is 0.0906. The number of nitrogens with one attached hydrogen (secondary N) is 1. The van der Waals surface area contributed by atoms with Gasteiger partial charge in [-0.3, -0.25) is 5.43 Å². The number of nitrogens with zero attached hydrogens (tertiary/aromatic N) is 1. The molecule has 17 heavy (non-hydrogen) atoms. The molecule has 0 fully saturated rings. The number of benzene rings is 1. The van der Waals surface area contributed by atoms with E-state index in [0.29, 0.717) is 16.5 Å². The number of thiocarbonyl (C=S) groups is 1. The van der Waals surface area contributed by atoms with Gasteiger partial charge in [-0.1, -0.05) is 11.6 Å². The Morgan fingerprint density at radius 1 is 1.47 bits per heavy atom. The summed E-state index contributed by atoms with van der Waals surface area (Å²) in [5.74, 6) is 1.00. The Bertz CT molecular complexity index is 451. The smallest absolute Gasteiger partial charge is 0.184 e. The van der Waals surface area contributed by atoms with Crippen molar-refractivity contribution in [3.05, 3.63) is 22.7 Å². The number of nitrogens with two attached hydrogens (primary N) is 1. The molecule has 1 aromatic rings. The zero-order chi connectivity index (χ0) is 12.8. The Balaban J connectivity index is 2.99. The molecule has 0 aliphatic rings. The van der Waals surface area contributed by atoms with Crippen LogP contribution < -0.4 is 20.6 Å². The molecule has 1 aromatic carbocycles. The summed E-state index contributed by atoms with van der Waals surface area (Å²) in [6.07, 6.45) is 1.52. The molecule has 5 nitrogen and oxygen atoms in total. The summed E-state index contributed by atoms with van der Waals surface area (Å²) in [6, 6.07) is 3.42. The van der Waals surface area contributed by atoms with Crippen molar-refractivity contribution in [3.63, 3.8) is 0 Å². The summed E-state index contributed by atoms with van der Waals surface area (Å²) in [7, 11) is 3.05. The first-order chi connectivity index (χ1) is 8.08. The van der Waals surface area contributed by atoms with E-state index in [4.69, 9.17) is 26.8 Å². The van der Waals surface area contributed by atoms with Crippen LogP contribution in [0.2, 0.25) is 5.02 Å². The highest BCUT2D eigenvalue weighted by Crippen LogP contribution is 2.35. The van der Waals surface area contributed by atoms with Crippen LogP contribution >= 0.6 is 23.8 Å². The average molecular weight is 274 g/mol. The largest absolute Gasteiger partial charge is 0.493 e. The van der Waals surface area contributed by atoms with E-state index < -0.39 is 0 Å². The van der Waals surface area contributed by atoms with Crippen LogP contribution in [0.3, 0.4) is 0 Å². The van der Waals surface area contributed by atoms with Gasteiger partial charge in [-0.2, -0.15) is 5.10 Å². The molecule has 3 N–H and O–H groups in total. The highest BCUT2D eigenvalue weighted by atomic mass is 35.5. The second-order valence-electron chi connectivity index (χ2n) is 2.97. The summed E-state index contributed by atoms with van der Waals surface area (Å²) < 4.78 is 10.2. The first-order valence-electron chi connectivity index (χ1n) is 4.58. The summed E-state index contributed by atoms with van der Waals surface area (Å²) in [5.41, 5.74) is 8.40. The fourth-order valence-electron chi connectivity index (χ4n) is 1.18. The molecule has 92 valence electrons. The predicted octanol–water partition coefficient (Wildman–Crippen LogP) is 1.52.